The van der Waals surface area contributed by atoms with Crippen molar-refractivity contribution in [3.63, 3.8) is 0 Å². The lowest BCUT2D eigenvalue weighted by atomic mass is 10.0. The number of pyridine rings is 1. The van der Waals surface area contributed by atoms with E-state index in [4.69, 9.17) is 4.74 Å². The van der Waals surface area contributed by atoms with Crippen molar-refractivity contribution in [1.29, 1.82) is 0 Å². The Hall–Kier alpha value is -2.31. The Bertz CT molecular complexity index is 544. The molecule has 3 N–H and O–H groups in total. The molecule has 132 valence electrons. The Morgan fingerprint density at radius 1 is 1.21 bits per heavy atom. The van der Waals surface area contributed by atoms with Crippen molar-refractivity contribution in [2.24, 2.45) is 5.92 Å². The number of amides is 3. The van der Waals surface area contributed by atoms with Crippen molar-refractivity contribution in [3.8, 4) is 5.88 Å². The highest BCUT2D eigenvalue weighted by Gasteiger charge is 2.17. The highest BCUT2D eigenvalue weighted by molar-refractivity contribution is 5.76. The molecule has 7 nitrogen and oxygen atoms in total. The zero-order valence-corrected chi connectivity index (χ0v) is 14.1. The Morgan fingerprint density at radius 2 is 1.96 bits per heavy atom. The summed E-state index contributed by atoms with van der Waals surface area (Å²) in [6.07, 6.45) is 7.04. The van der Waals surface area contributed by atoms with Crippen LogP contribution in [0, 0.1) is 5.92 Å². The predicted molar refractivity (Wildman–Crippen MR) is 90.6 cm³/mol. The van der Waals surface area contributed by atoms with E-state index in [1.165, 1.54) is 12.8 Å². The molecule has 0 bridgehead atoms. The van der Waals surface area contributed by atoms with Gasteiger partial charge in [-0.25, -0.2) is 9.78 Å². The molecule has 1 aromatic heterocycles. The number of methoxy groups -OCH3 is 1. The number of aromatic nitrogens is 1. The van der Waals surface area contributed by atoms with Crippen LogP contribution >= 0.6 is 0 Å². The SMILES string of the molecule is COc1cc(CNC(=O)NCCNC(=O)CC2CCCC2)ccn1. The monoisotopic (exact) mass is 334 g/mol. The quantitative estimate of drug-likeness (QED) is 0.630. The van der Waals surface area contributed by atoms with Crippen LogP contribution in [0.3, 0.4) is 0 Å². The molecule has 0 aliphatic heterocycles. The van der Waals surface area contributed by atoms with Gasteiger partial charge >= 0.3 is 6.03 Å². The Labute approximate surface area is 142 Å². The average molecular weight is 334 g/mol. The van der Waals surface area contributed by atoms with E-state index < -0.39 is 0 Å². The summed E-state index contributed by atoms with van der Waals surface area (Å²) < 4.78 is 5.03. The van der Waals surface area contributed by atoms with Gasteiger partial charge in [-0.3, -0.25) is 4.79 Å². The molecule has 1 fully saturated rings. The minimum Gasteiger partial charge on any atom is -0.481 e. The number of nitrogens with one attached hydrogen (secondary N) is 3. The number of hydrogen-bond donors (Lipinski definition) is 3. The maximum Gasteiger partial charge on any atom is 0.315 e. The van der Waals surface area contributed by atoms with E-state index >= 15 is 0 Å². The third-order valence-corrected chi connectivity index (χ3v) is 4.14. The van der Waals surface area contributed by atoms with Crippen LogP contribution < -0.4 is 20.7 Å². The summed E-state index contributed by atoms with van der Waals surface area (Å²) >= 11 is 0. The first-order valence-electron chi connectivity index (χ1n) is 8.44. The molecule has 0 saturated heterocycles. The van der Waals surface area contributed by atoms with Crippen LogP contribution in [-0.2, 0) is 11.3 Å². The van der Waals surface area contributed by atoms with E-state index in [0.717, 1.165) is 18.4 Å². The third-order valence-electron chi connectivity index (χ3n) is 4.14. The van der Waals surface area contributed by atoms with E-state index in [0.29, 0.717) is 37.9 Å². The maximum absolute atomic E-state index is 11.8. The Balaban J connectivity index is 1.55. The van der Waals surface area contributed by atoms with Crippen molar-refractivity contribution < 1.29 is 14.3 Å². The zero-order valence-electron chi connectivity index (χ0n) is 14.1. The molecule has 1 heterocycles. The van der Waals surface area contributed by atoms with Crippen LogP contribution in [-0.4, -0.2) is 37.1 Å². The van der Waals surface area contributed by atoms with Crippen molar-refractivity contribution >= 4 is 11.9 Å². The second kappa shape index (κ2) is 9.75. The second-order valence-electron chi connectivity index (χ2n) is 6.02. The van der Waals surface area contributed by atoms with Gasteiger partial charge in [-0.05, 0) is 30.4 Å². The number of carbonyl (C=O) groups excluding carboxylic acids is 2. The number of carbonyl (C=O) groups is 2. The number of hydrogen-bond acceptors (Lipinski definition) is 4. The lowest BCUT2D eigenvalue weighted by molar-refractivity contribution is -0.121. The van der Waals surface area contributed by atoms with E-state index in [1.807, 2.05) is 6.07 Å². The molecular weight excluding hydrogens is 308 g/mol. The summed E-state index contributed by atoms with van der Waals surface area (Å²) in [4.78, 5) is 27.5. The van der Waals surface area contributed by atoms with Crippen LogP contribution in [0.5, 0.6) is 5.88 Å². The van der Waals surface area contributed by atoms with Gasteiger partial charge in [-0.2, -0.15) is 0 Å². The van der Waals surface area contributed by atoms with Crippen LogP contribution in [0.25, 0.3) is 0 Å². The second-order valence-corrected chi connectivity index (χ2v) is 6.02. The number of urea groups is 1. The Kier molecular flexibility index (Phi) is 7.32. The van der Waals surface area contributed by atoms with Gasteiger partial charge in [0.05, 0.1) is 7.11 Å². The first-order chi connectivity index (χ1) is 11.7. The van der Waals surface area contributed by atoms with Crippen LogP contribution in [0.15, 0.2) is 18.3 Å². The summed E-state index contributed by atoms with van der Waals surface area (Å²) in [6.45, 7) is 1.24. The summed E-state index contributed by atoms with van der Waals surface area (Å²) in [5, 5.41) is 8.32. The first-order valence-corrected chi connectivity index (χ1v) is 8.44. The zero-order chi connectivity index (χ0) is 17.2. The van der Waals surface area contributed by atoms with Crippen molar-refractivity contribution in [3.05, 3.63) is 23.9 Å². The largest absolute Gasteiger partial charge is 0.481 e. The molecule has 1 aliphatic rings. The van der Waals surface area contributed by atoms with Gasteiger partial charge in [0.25, 0.3) is 0 Å². The molecule has 1 saturated carbocycles. The van der Waals surface area contributed by atoms with E-state index in [9.17, 15) is 9.59 Å². The molecule has 0 spiro atoms. The first kappa shape index (κ1) is 18.0. The third kappa shape index (κ3) is 6.44. The van der Waals surface area contributed by atoms with Gasteiger partial charge < -0.3 is 20.7 Å². The maximum atomic E-state index is 11.8. The molecule has 24 heavy (non-hydrogen) atoms. The number of ether oxygens (including phenoxy) is 1. The van der Waals surface area contributed by atoms with Gasteiger partial charge in [-0.15, -0.1) is 0 Å². The van der Waals surface area contributed by atoms with Gasteiger partial charge in [0, 0.05) is 38.3 Å². The summed E-state index contributed by atoms with van der Waals surface area (Å²) in [7, 11) is 1.55. The van der Waals surface area contributed by atoms with Crippen molar-refractivity contribution in [1.82, 2.24) is 20.9 Å². The van der Waals surface area contributed by atoms with E-state index in [1.54, 1.807) is 19.4 Å². The molecule has 0 radical (unpaired) electrons. The molecule has 1 aromatic rings. The molecule has 7 heteroatoms. The standard InChI is InChI=1S/C17H26N4O3/c1-24-16-11-14(6-7-19-16)12-21-17(23)20-9-8-18-15(22)10-13-4-2-3-5-13/h6-7,11,13H,2-5,8-10,12H2,1H3,(H,18,22)(H2,20,21,23). The normalized spacial score (nSPS) is 14.2. The van der Waals surface area contributed by atoms with Gasteiger partial charge in [0.1, 0.15) is 0 Å². The summed E-state index contributed by atoms with van der Waals surface area (Å²) in [5.41, 5.74) is 0.905. The van der Waals surface area contributed by atoms with Crippen LogP contribution in [0.2, 0.25) is 0 Å². The van der Waals surface area contributed by atoms with Crippen molar-refractivity contribution in [2.75, 3.05) is 20.2 Å². The smallest absolute Gasteiger partial charge is 0.315 e. The molecular formula is C17H26N4O3. The minimum absolute atomic E-state index is 0.0768. The van der Waals surface area contributed by atoms with Gasteiger partial charge in [0.2, 0.25) is 11.8 Å². The highest BCUT2D eigenvalue weighted by Crippen LogP contribution is 2.27. The predicted octanol–water partition coefficient (Wildman–Crippen LogP) is 1.59. The summed E-state index contributed by atoms with van der Waals surface area (Å²) in [5.74, 6) is 1.13. The number of rotatable bonds is 8. The molecule has 2 rings (SSSR count). The van der Waals surface area contributed by atoms with E-state index in [-0.39, 0.29) is 11.9 Å². The fourth-order valence-electron chi connectivity index (χ4n) is 2.84. The fourth-order valence-corrected chi connectivity index (χ4v) is 2.84. The topological polar surface area (TPSA) is 92.4 Å². The molecule has 3 amide bonds. The summed E-state index contributed by atoms with van der Waals surface area (Å²) in [6, 6.07) is 3.31. The molecule has 0 atom stereocenters. The minimum atomic E-state index is -0.268. The average Bonchev–Trinajstić information content (AvgIpc) is 3.10. The van der Waals surface area contributed by atoms with E-state index in [2.05, 4.69) is 20.9 Å². The molecule has 0 aromatic carbocycles. The van der Waals surface area contributed by atoms with Crippen LogP contribution in [0.1, 0.15) is 37.7 Å². The van der Waals surface area contributed by atoms with Gasteiger partial charge in [-0.1, -0.05) is 12.8 Å². The lowest BCUT2D eigenvalue weighted by Crippen LogP contribution is -2.40. The lowest BCUT2D eigenvalue weighted by Gasteiger charge is -2.11. The van der Waals surface area contributed by atoms with Gasteiger partial charge in [0.15, 0.2) is 0 Å². The van der Waals surface area contributed by atoms with Crippen LogP contribution in [0.4, 0.5) is 4.79 Å². The molecule has 0 unspecified atom stereocenters. The van der Waals surface area contributed by atoms with Crippen molar-refractivity contribution in [2.45, 2.75) is 38.6 Å². The number of nitrogens with zero attached hydrogens (tertiary/aromatic N) is 1. The molecule has 1 aliphatic carbocycles. The Morgan fingerprint density at radius 3 is 2.71 bits per heavy atom. The highest BCUT2D eigenvalue weighted by atomic mass is 16.5. The fraction of sp³-hybridized carbons (Fsp3) is 0.588.